The molecule has 0 bridgehead atoms. The fourth-order valence-corrected chi connectivity index (χ4v) is 1.97. The molecule has 0 unspecified atom stereocenters. The molecule has 1 heterocycles. The van der Waals surface area contributed by atoms with Crippen LogP contribution in [0, 0.1) is 0 Å². The average Bonchev–Trinajstić information content (AvgIpc) is 2.37. The van der Waals surface area contributed by atoms with Gasteiger partial charge in [-0.25, -0.2) is 0 Å². The molecule has 1 nitrogen and oxygen atoms in total. The lowest BCUT2D eigenvalue weighted by molar-refractivity contribution is -0.106. The van der Waals surface area contributed by atoms with Crippen molar-refractivity contribution in [2.24, 2.45) is 0 Å². The summed E-state index contributed by atoms with van der Waals surface area (Å²) in [5, 5.41) is 0.247. The smallest absolute Gasteiger partial charge is 0.212 e. The summed E-state index contributed by atoms with van der Waals surface area (Å²) in [6, 6.07) is 0. The zero-order chi connectivity index (χ0) is 8.10. The SMILES string of the molecule is CCCCCC1=CC(=O)SC1. The first kappa shape index (κ1) is 8.85. The van der Waals surface area contributed by atoms with Crippen LogP contribution in [-0.2, 0) is 4.79 Å². The summed E-state index contributed by atoms with van der Waals surface area (Å²) in [6.07, 6.45) is 6.73. The third kappa shape index (κ3) is 3.10. The Bertz CT molecular complexity index is 172. The van der Waals surface area contributed by atoms with Crippen molar-refractivity contribution in [1.82, 2.24) is 0 Å². The van der Waals surface area contributed by atoms with E-state index in [1.807, 2.05) is 0 Å². The average molecular weight is 170 g/mol. The van der Waals surface area contributed by atoms with Crippen LogP contribution < -0.4 is 0 Å². The van der Waals surface area contributed by atoms with Gasteiger partial charge in [0.1, 0.15) is 0 Å². The van der Waals surface area contributed by atoms with Gasteiger partial charge < -0.3 is 0 Å². The van der Waals surface area contributed by atoms with Gasteiger partial charge in [-0.05, 0) is 18.9 Å². The molecule has 0 aromatic rings. The first-order valence-corrected chi connectivity index (χ1v) is 5.17. The van der Waals surface area contributed by atoms with Gasteiger partial charge in [0.05, 0.1) is 0 Å². The highest BCUT2D eigenvalue weighted by Crippen LogP contribution is 2.22. The van der Waals surface area contributed by atoms with Crippen LogP contribution in [0.3, 0.4) is 0 Å². The van der Waals surface area contributed by atoms with Crippen molar-refractivity contribution < 1.29 is 4.79 Å². The van der Waals surface area contributed by atoms with Crippen LogP contribution in [0.2, 0.25) is 0 Å². The van der Waals surface area contributed by atoms with Gasteiger partial charge in [0.25, 0.3) is 0 Å². The predicted molar refractivity (Wildman–Crippen MR) is 49.7 cm³/mol. The van der Waals surface area contributed by atoms with Crippen molar-refractivity contribution in [1.29, 1.82) is 0 Å². The predicted octanol–water partition coefficient (Wildman–Crippen LogP) is 2.77. The van der Waals surface area contributed by atoms with Crippen molar-refractivity contribution in [3.05, 3.63) is 11.6 Å². The molecule has 0 saturated carbocycles. The first-order chi connectivity index (χ1) is 5.33. The molecule has 0 spiro atoms. The number of carbonyl (C=O) groups excluding carboxylic acids is 1. The summed E-state index contributed by atoms with van der Waals surface area (Å²) in [5.41, 5.74) is 1.34. The minimum Gasteiger partial charge on any atom is -0.282 e. The van der Waals surface area contributed by atoms with Crippen LogP contribution in [-0.4, -0.2) is 10.9 Å². The van der Waals surface area contributed by atoms with Crippen LogP contribution in [0.5, 0.6) is 0 Å². The van der Waals surface area contributed by atoms with Gasteiger partial charge >= 0.3 is 0 Å². The Morgan fingerprint density at radius 2 is 2.36 bits per heavy atom. The molecular weight excluding hydrogens is 156 g/mol. The van der Waals surface area contributed by atoms with Gasteiger partial charge in [0, 0.05) is 5.75 Å². The second kappa shape index (κ2) is 4.60. The van der Waals surface area contributed by atoms with Gasteiger partial charge in [-0.1, -0.05) is 37.1 Å². The second-order valence-electron chi connectivity index (χ2n) is 2.87. The number of thioether (sulfide) groups is 1. The molecule has 0 saturated heterocycles. The van der Waals surface area contributed by atoms with Gasteiger partial charge in [-0.3, -0.25) is 4.79 Å². The second-order valence-corrected chi connectivity index (χ2v) is 3.85. The first-order valence-electron chi connectivity index (χ1n) is 4.19. The molecule has 1 aliphatic rings. The molecule has 1 aliphatic heterocycles. The van der Waals surface area contributed by atoms with E-state index in [9.17, 15) is 4.79 Å². The van der Waals surface area contributed by atoms with E-state index in [4.69, 9.17) is 0 Å². The van der Waals surface area contributed by atoms with Crippen LogP contribution in [0.4, 0.5) is 0 Å². The monoisotopic (exact) mass is 170 g/mol. The Balaban J connectivity index is 2.17. The Morgan fingerprint density at radius 3 is 2.91 bits per heavy atom. The summed E-state index contributed by atoms with van der Waals surface area (Å²) in [4.78, 5) is 10.8. The summed E-state index contributed by atoms with van der Waals surface area (Å²) >= 11 is 1.43. The van der Waals surface area contributed by atoms with Gasteiger partial charge in [0.2, 0.25) is 5.12 Å². The Labute approximate surface area is 72.2 Å². The number of rotatable bonds is 4. The fraction of sp³-hybridized carbons (Fsp3) is 0.667. The van der Waals surface area contributed by atoms with E-state index in [0.29, 0.717) is 0 Å². The Morgan fingerprint density at radius 1 is 1.55 bits per heavy atom. The quantitative estimate of drug-likeness (QED) is 0.603. The van der Waals surface area contributed by atoms with E-state index in [-0.39, 0.29) is 5.12 Å². The van der Waals surface area contributed by atoms with Crippen LogP contribution in [0.1, 0.15) is 32.6 Å². The molecule has 0 N–H and O–H groups in total. The molecule has 0 aliphatic carbocycles. The Hall–Kier alpha value is -0.240. The number of hydrogen-bond acceptors (Lipinski definition) is 2. The van der Waals surface area contributed by atoms with Crippen LogP contribution >= 0.6 is 11.8 Å². The van der Waals surface area contributed by atoms with Gasteiger partial charge in [-0.15, -0.1) is 0 Å². The molecule has 62 valence electrons. The van der Waals surface area contributed by atoms with E-state index in [1.165, 1.54) is 36.6 Å². The maximum atomic E-state index is 10.8. The molecule has 0 radical (unpaired) electrons. The van der Waals surface area contributed by atoms with E-state index in [0.717, 1.165) is 12.2 Å². The molecule has 0 atom stereocenters. The van der Waals surface area contributed by atoms with Gasteiger partial charge in [-0.2, -0.15) is 0 Å². The topological polar surface area (TPSA) is 17.1 Å². The minimum absolute atomic E-state index is 0.247. The van der Waals surface area contributed by atoms with Crippen molar-refractivity contribution >= 4 is 16.9 Å². The highest BCUT2D eigenvalue weighted by Gasteiger charge is 2.11. The molecule has 0 amide bonds. The normalized spacial score (nSPS) is 17.2. The molecule has 0 aromatic carbocycles. The lowest BCUT2D eigenvalue weighted by Crippen LogP contribution is -1.82. The Kier molecular flexibility index (Phi) is 3.70. The largest absolute Gasteiger partial charge is 0.282 e. The molecule has 1 rings (SSSR count). The highest BCUT2D eigenvalue weighted by molar-refractivity contribution is 8.14. The lowest BCUT2D eigenvalue weighted by atomic mass is 10.1. The summed E-state index contributed by atoms with van der Waals surface area (Å²) in [5.74, 6) is 0.947. The third-order valence-corrected chi connectivity index (χ3v) is 2.74. The maximum absolute atomic E-state index is 10.8. The maximum Gasteiger partial charge on any atom is 0.212 e. The van der Waals surface area contributed by atoms with Crippen molar-refractivity contribution in [2.45, 2.75) is 32.6 Å². The standard InChI is InChI=1S/C9H14OS/c1-2-3-4-5-8-6-9(10)11-7-8/h6H,2-5,7H2,1H3. The van der Waals surface area contributed by atoms with Crippen LogP contribution in [0.25, 0.3) is 0 Å². The number of unbranched alkanes of at least 4 members (excludes halogenated alkanes) is 2. The van der Waals surface area contributed by atoms with Crippen molar-refractivity contribution in [3.63, 3.8) is 0 Å². The molecular formula is C9H14OS. The zero-order valence-corrected chi connectivity index (χ0v) is 7.75. The van der Waals surface area contributed by atoms with E-state index >= 15 is 0 Å². The van der Waals surface area contributed by atoms with Gasteiger partial charge in [0.15, 0.2) is 0 Å². The minimum atomic E-state index is 0.247. The summed E-state index contributed by atoms with van der Waals surface area (Å²) in [6.45, 7) is 2.20. The number of carbonyl (C=O) groups is 1. The highest BCUT2D eigenvalue weighted by atomic mass is 32.2. The zero-order valence-electron chi connectivity index (χ0n) is 6.93. The third-order valence-electron chi connectivity index (χ3n) is 1.82. The molecule has 11 heavy (non-hydrogen) atoms. The lowest BCUT2D eigenvalue weighted by Gasteiger charge is -1.97. The molecule has 0 aromatic heterocycles. The summed E-state index contributed by atoms with van der Waals surface area (Å²) in [7, 11) is 0. The molecule has 2 heteroatoms. The van der Waals surface area contributed by atoms with Crippen LogP contribution in [0.15, 0.2) is 11.6 Å². The number of hydrogen-bond donors (Lipinski definition) is 0. The molecule has 0 fully saturated rings. The van der Waals surface area contributed by atoms with E-state index in [1.54, 1.807) is 6.08 Å². The van der Waals surface area contributed by atoms with Crippen molar-refractivity contribution in [2.75, 3.05) is 5.75 Å². The van der Waals surface area contributed by atoms with Crippen molar-refractivity contribution in [3.8, 4) is 0 Å². The van der Waals surface area contributed by atoms with E-state index in [2.05, 4.69) is 6.92 Å². The van der Waals surface area contributed by atoms with E-state index < -0.39 is 0 Å². The summed E-state index contributed by atoms with van der Waals surface area (Å²) < 4.78 is 0. The fourth-order valence-electron chi connectivity index (χ4n) is 1.16.